The minimum atomic E-state index is -1.08. The van der Waals surface area contributed by atoms with Crippen molar-refractivity contribution in [3.8, 4) is 0 Å². The maximum atomic E-state index is 12.0. The smallest absolute Gasteiger partial charge is 0.338 e. The second kappa shape index (κ2) is 6.23. The van der Waals surface area contributed by atoms with Crippen molar-refractivity contribution in [3.05, 3.63) is 35.3 Å². The van der Waals surface area contributed by atoms with Crippen molar-refractivity contribution >= 4 is 39.8 Å². The van der Waals surface area contributed by atoms with Gasteiger partial charge >= 0.3 is 12.0 Å². The first kappa shape index (κ1) is 14.8. The normalized spacial score (nSPS) is 10.0. The number of hydrogen-bond donors (Lipinski definition) is 3. The zero-order valence-corrected chi connectivity index (χ0v) is 12.3. The molecule has 0 aliphatic rings. The van der Waals surface area contributed by atoms with E-state index in [-0.39, 0.29) is 10.6 Å². The van der Waals surface area contributed by atoms with E-state index in [1.165, 1.54) is 6.07 Å². The molecule has 0 saturated heterocycles. The van der Waals surface area contributed by atoms with Crippen molar-refractivity contribution in [3.63, 3.8) is 0 Å². The van der Waals surface area contributed by atoms with Gasteiger partial charge in [-0.1, -0.05) is 0 Å². The highest BCUT2D eigenvalue weighted by Crippen LogP contribution is 2.24. The molecule has 110 valence electrons. The largest absolute Gasteiger partial charge is 0.478 e. The van der Waals surface area contributed by atoms with Gasteiger partial charge in [0.25, 0.3) is 0 Å². The van der Waals surface area contributed by atoms with E-state index in [4.69, 9.17) is 5.11 Å². The van der Waals surface area contributed by atoms with Gasteiger partial charge in [0.2, 0.25) is 0 Å². The summed E-state index contributed by atoms with van der Waals surface area (Å²) in [5.41, 5.74) is 0.600. The number of amides is 2. The minimum absolute atomic E-state index is 0.0640. The Labute approximate surface area is 125 Å². The van der Waals surface area contributed by atoms with Gasteiger partial charge in [-0.25, -0.2) is 14.6 Å². The van der Waals surface area contributed by atoms with Gasteiger partial charge < -0.3 is 15.3 Å². The Bertz CT molecular complexity index is 669. The predicted octanol–water partition coefficient (Wildman–Crippen LogP) is 2.55. The fourth-order valence-corrected chi connectivity index (χ4v) is 2.46. The number of nitrogens with one attached hydrogen (secondary N) is 2. The van der Waals surface area contributed by atoms with Crippen LogP contribution in [0.2, 0.25) is 0 Å². The summed E-state index contributed by atoms with van der Waals surface area (Å²) in [5, 5.41) is 16.1. The number of rotatable bonds is 4. The van der Waals surface area contributed by atoms with Gasteiger partial charge in [-0.3, -0.25) is 5.32 Å². The molecule has 2 amide bonds. The molecule has 0 saturated carbocycles. The number of aromatic carboxylic acids is 1. The molecule has 0 fully saturated rings. The summed E-state index contributed by atoms with van der Waals surface area (Å²) in [6, 6.07) is 4.35. The Kier molecular flexibility index (Phi) is 4.39. The first-order valence-corrected chi connectivity index (χ1v) is 6.88. The van der Waals surface area contributed by atoms with Gasteiger partial charge in [-0.15, -0.1) is 11.3 Å². The highest BCUT2D eigenvalue weighted by Gasteiger charge is 2.15. The number of thiophene rings is 1. The van der Waals surface area contributed by atoms with Crippen molar-refractivity contribution in [1.29, 1.82) is 0 Å². The summed E-state index contributed by atoms with van der Waals surface area (Å²) in [4.78, 5) is 28.9. The Morgan fingerprint density at radius 2 is 2.05 bits per heavy atom. The number of urea groups is 1. The van der Waals surface area contributed by atoms with Crippen molar-refractivity contribution in [2.75, 3.05) is 29.6 Å². The number of hydrogen-bond acceptors (Lipinski definition) is 5. The maximum absolute atomic E-state index is 12.0. The van der Waals surface area contributed by atoms with Gasteiger partial charge in [-0.2, -0.15) is 0 Å². The van der Waals surface area contributed by atoms with Crippen molar-refractivity contribution in [1.82, 2.24) is 4.98 Å². The zero-order chi connectivity index (χ0) is 15.4. The summed E-state index contributed by atoms with van der Waals surface area (Å²) < 4.78 is 0. The van der Waals surface area contributed by atoms with Crippen LogP contribution >= 0.6 is 11.3 Å². The Hall–Kier alpha value is -2.61. The van der Waals surface area contributed by atoms with Crippen molar-refractivity contribution in [2.45, 2.75) is 0 Å². The average molecular weight is 306 g/mol. The van der Waals surface area contributed by atoms with E-state index in [9.17, 15) is 9.59 Å². The number of carboxylic acids is 1. The molecule has 3 N–H and O–H groups in total. The third-order valence-corrected chi connectivity index (χ3v) is 3.41. The van der Waals surface area contributed by atoms with E-state index >= 15 is 0 Å². The molecule has 0 spiro atoms. The molecule has 2 heterocycles. The molecule has 2 rings (SSSR count). The van der Waals surface area contributed by atoms with Crippen LogP contribution in [0.15, 0.2) is 29.8 Å². The van der Waals surface area contributed by atoms with Crippen LogP contribution in [0.1, 0.15) is 10.4 Å². The van der Waals surface area contributed by atoms with Crippen LogP contribution in [0.25, 0.3) is 0 Å². The Morgan fingerprint density at radius 3 is 2.71 bits per heavy atom. The number of pyridine rings is 1. The second-order valence-electron chi connectivity index (χ2n) is 4.32. The van der Waals surface area contributed by atoms with Gasteiger partial charge in [-0.05, 0) is 23.6 Å². The molecule has 0 aromatic carbocycles. The second-order valence-corrected chi connectivity index (χ2v) is 5.23. The van der Waals surface area contributed by atoms with Gasteiger partial charge in [0.1, 0.15) is 5.00 Å². The molecule has 2 aromatic rings. The molecular weight excluding hydrogens is 292 g/mol. The standard InChI is InChI=1S/C13H14N4O3S/c1-17(2)10-9(4-3-6-14-10)15-13(20)16-11-8(12(18)19)5-7-21-11/h3-7H,1-2H3,(H,18,19)(H2,15,16,20). The highest BCUT2D eigenvalue weighted by molar-refractivity contribution is 7.14. The summed E-state index contributed by atoms with van der Waals surface area (Å²) in [5.74, 6) is -0.473. The van der Waals surface area contributed by atoms with E-state index in [1.54, 1.807) is 28.6 Å². The zero-order valence-electron chi connectivity index (χ0n) is 11.5. The van der Waals surface area contributed by atoms with Gasteiger partial charge in [0.15, 0.2) is 5.82 Å². The summed E-state index contributed by atoms with van der Waals surface area (Å²) in [6.45, 7) is 0. The Morgan fingerprint density at radius 1 is 1.29 bits per heavy atom. The van der Waals surface area contributed by atoms with Crippen LogP contribution in [0.4, 0.5) is 21.3 Å². The third-order valence-electron chi connectivity index (χ3n) is 2.58. The SMILES string of the molecule is CN(C)c1ncccc1NC(=O)Nc1sccc1C(=O)O. The van der Waals surface area contributed by atoms with Crippen LogP contribution in [0.5, 0.6) is 0 Å². The number of aromatic nitrogens is 1. The summed E-state index contributed by atoms with van der Waals surface area (Å²) in [7, 11) is 3.63. The molecule has 2 aromatic heterocycles. The van der Waals surface area contributed by atoms with E-state index in [0.29, 0.717) is 11.5 Å². The predicted molar refractivity (Wildman–Crippen MR) is 82.5 cm³/mol. The molecule has 7 nitrogen and oxygen atoms in total. The monoisotopic (exact) mass is 306 g/mol. The van der Waals surface area contributed by atoms with Crippen LogP contribution in [-0.4, -0.2) is 36.2 Å². The van der Waals surface area contributed by atoms with Crippen LogP contribution in [-0.2, 0) is 0 Å². The first-order valence-electron chi connectivity index (χ1n) is 6.00. The average Bonchev–Trinajstić information content (AvgIpc) is 2.87. The topological polar surface area (TPSA) is 94.6 Å². The highest BCUT2D eigenvalue weighted by atomic mass is 32.1. The number of carbonyl (C=O) groups is 2. The molecule has 0 aliphatic carbocycles. The molecule has 0 bridgehead atoms. The summed E-state index contributed by atoms with van der Waals surface area (Å²) >= 11 is 1.15. The number of carbonyl (C=O) groups excluding carboxylic acids is 1. The molecule has 0 unspecified atom stereocenters. The molecule has 0 atom stereocenters. The number of anilines is 3. The lowest BCUT2D eigenvalue weighted by atomic mass is 10.3. The van der Waals surface area contributed by atoms with Crippen LogP contribution in [0.3, 0.4) is 0 Å². The molecule has 8 heteroatoms. The molecule has 21 heavy (non-hydrogen) atoms. The van der Waals surface area contributed by atoms with Crippen molar-refractivity contribution < 1.29 is 14.7 Å². The quantitative estimate of drug-likeness (QED) is 0.807. The lowest BCUT2D eigenvalue weighted by Crippen LogP contribution is -2.22. The van der Waals surface area contributed by atoms with Crippen LogP contribution < -0.4 is 15.5 Å². The van der Waals surface area contributed by atoms with Crippen molar-refractivity contribution in [2.24, 2.45) is 0 Å². The van der Waals surface area contributed by atoms with E-state index in [1.807, 2.05) is 14.1 Å². The first-order chi connectivity index (χ1) is 9.99. The number of carboxylic acid groups (broad SMARTS) is 1. The lowest BCUT2D eigenvalue weighted by molar-refractivity contribution is 0.0698. The minimum Gasteiger partial charge on any atom is -0.478 e. The lowest BCUT2D eigenvalue weighted by Gasteiger charge is -2.16. The fourth-order valence-electron chi connectivity index (χ4n) is 1.68. The van der Waals surface area contributed by atoms with Gasteiger partial charge in [0, 0.05) is 20.3 Å². The fraction of sp³-hybridized carbons (Fsp3) is 0.154. The van der Waals surface area contributed by atoms with Gasteiger partial charge in [0.05, 0.1) is 11.3 Å². The molecule has 0 radical (unpaired) electrons. The molecule has 0 aliphatic heterocycles. The maximum Gasteiger partial charge on any atom is 0.338 e. The molecular formula is C13H14N4O3S. The third kappa shape index (κ3) is 3.48. The van der Waals surface area contributed by atoms with E-state index < -0.39 is 12.0 Å². The van der Waals surface area contributed by atoms with E-state index in [0.717, 1.165) is 11.3 Å². The van der Waals surface area contributed by atoms with Crippen LogP contribution in [0, 0.1) is 0 Å². The van der Waals surface area contributed by atoms with E-state index in [2.05, 4.69) is 15.6 Å². The number of nitrogens with zero attached hydrogens (tertiary/aromatic N) is 2. The Balaban J connectivity index is 2.12. The summed E-state index contributed by atoms with van der Waals surface area (Å²) in [6.07, 6.45) is 1.63.